The molecule has 1 heterocycles. The molecule has 25 heavy (non-hydrogen) atoms. The van der Waals surface area contributed by atoms with Gasteiger partial charge in [0.15, 0.2) is 0 Å². The lowest BCUT2D eigenvalue weighted by atomic mass is 10.1. The first-order chi connectivity index (χ1) is 11.9. The van der Waals surface area contributed by atoms with Gasteiger partial charge in [-0.25, -0.2) is 8.42 Å². The third kappa shape index (κ3) is 3.54. The first-order valence-electron chi connectivity index (χ1n) is 7.92. The van der Waals surface area contributed by atoms with Crippen LogP contribution in [0, 0.1) is 11.3 Å². The maximum atomic E-state index is 12.7. The molecule has 1 atom stereocenters. The minimum atomic E-state index is -3.85. The molecule has 0 bridgehead atoms. The molecule has 2 aromatic carbocycles. The van der Waals surface area contributed by atoms with Gasteiger partial charge in [-0.2, -0.15) is 5.26 Å². The number of sulfonamides is 1. The first-order valence-corrected chi connectivity index (χ1v) is 9.40. The van der Waals surface area contributed by atoms with Crippen molar-refractivity contribution < 1.29 is 17.9 Å². The number of hydrogen-bond donors (Lipinski definition) is 1. The Morgan fingerprint density at radius 2 is 2.16 bits per heavy atom. The molecule has 0 saturated carbocycles. The van der Waals surface area contributed by atoms with Gasteiger partial charge in [-0.05, 0) is 38.1 Å². The van der Waals surface area contributed by atoms with E-state index < -0.39 is 10.0 Å². The topological polar surface area (TPSA) is 88.4 Å². The predicted molar refractivity (Wildman–Crippen MR) is 93.4 cm³/mol. The van der Waals surface area contributed by atoms with Gasteiger partial charge >= 0.3 is 0 Å². The number of hydrogen-bond acceptors (Lipinski definition) is 5. The van der Waals surface area contributed by atoms with Crippen molar-refractivity contribution >= 4 is 15.7 Å². The van der Waals surface area contributed by atoms with Crippen LogP contribution in [0.3, 0.4) is 0 Å². The monoisotopic (exact) mass is 358 g/mol. The number of nitrogens with zero attached hydrogens (tertiary/aromatic N) is 1. The van der Waals surface area contributed by atoms with E-state index >= 15 is 0 Å². The van der Waals surface area contributed by atoms with Crippen LogP contribution in [0.4, 0.5) is 5.69 Å². The molecule has 0 aromatic heterocycles. The summed E-state index contributed by atoms with van der Waals surface area (Å²) in [5.41, 5.74) is 1.58. The summed E-state index contributed by atoms with van der Waals surface area (Å²) in [6.45, 7) is 4.20. The summed E-state index contributed by atoms with van der Waals surface area (Å²) in [7, 11) is -3.85. The van der Waals surface area contributed by atoms with Crippen molar-refractivity contribution in [1.82, 2.24) is 0 Å². The Kier molecular flexibility index (Phi) is 4.55. The molecule has 0 radical (unpaired) electrons. The average Bonchev–Trinajstić information content (AvgIpc) is 2.94. The quantitative estimate of drug-likeness (QED) is 0.887. The standard InChI is InChI=1S/C18H18N2O4S/c1-3-23-18-9-14-7-12(2)24-17(14)10-16(18)20-25(21,22)15-6-4-5-13(8-15)11-19/h4-6,8-10,12,20H,3,7H2,1-2H3. The van der Waals surface area contributed by atoms with Crippen LogP contribution in [0.25, 0.3) is 0 Å². The third-order valence-electron chi connectivity index (χ3n) is 3.82. The van der Waals surface area contributed by atoms with Crippen molar-refractivity contribution in [2.45, 2.75) is 31.3 Å². The van der Waals surface area contributed by atoms with Gasteiger partial charge in [0.1, 0.15) is 17.6 Å². The number of benzene rings is 2. The second-order valence-electron chi connectivity index (χ2n) is 5.77. The van der Waals surface area contributed by atoms with Gasteiger partial charge in [0.25, 0.3) is 10.0 Å². The van der Waals surface area contributed by atoms with E-state index in [1.54, 1.807) is 12.1 Å². The Balaban J connectivity index is 1.99. The van der Waals surface area contributed by atoms with Crippen molar-refractivity contribution in [2.24, 2.45) is 0 Å². The zero-order valence-corrected chi connectivity index (χ0v) is 14.8. The molecule has 1 unspecified atom stereocenters. The van der Waals surface area contributed by atoms with Crippen molar-refractivity contribution in [3.63, 3.8) is 0 Å². The molecule has 0 spiro atoms. The van der Waals surface area contributed by atoms with Crippen molar-refractivity contribution in [1.29, 1.82) is 5.26 Å². The highest BCUT2D eigenvalue weighted by atomic mass is 32.2. The fourth-order valence-electron chi connectivity index (χ4n) is 2.73. The summed E-state index contributed by atoms with van der Waals surface area (Å²) in [5, 5.41) is 8.96. The van der Waals surface area contributed by atoms with E-state index in [4.69, 9.17) is 14.7 Å². The van der Waals surface area contributed by atoms with Crippen molar-refractivity contribution in [3.8, 4) is 17.6 Å². The van der Waals surface area contributed by atoms with E-state index in [1.807, 2.05) is 26.0 Å². The molecule has 0 saturated heterocycles. The van der Waals surface area contributed by atoms with Crippen molar-refractivity contribution in [2.75, 3.05) is 11.3 Å². The summed E-state index contributed by atoms with van der Waals surface area (Å²) in [4.78, 5) is 0.0174. The number of fused-ring (bicyclic) bond motifs is 1. The first kappa shape index (κ1) is 17.1. The fraction of sp³-hybridized carbons (Fsp3) is 0.278. The molecule has 2 aromatic rings. The van der Waals surface area contributed by atoms with Crippen LogP contribution < -0.4 is 14.2 Å². The van der Waals surface area contributed by atoms with Crippen LogP contribution >= 0.6 is 0 Å². The highest BCUT2D eigenvalue weighted by Crippen LogP contribution is 2.38. The average molecular weight is 358 g/mol. The minimum Gasteiger partial charge on any atom is -0.492 e. The van der Waals surface area contributed by atoms with Crippen LogP contribution in [0.1, 0.15) is 25.0 Å². The number of ether oxygens (including phenoxy) is 2. The molecular weight excluding hydrogens is 340 g/mol. The lowest BCUT2D eigenvalue weighted by Gasteiger charge is -2.14. The van der Waals surface area contributed by atoms with E-state index in [0.717, 1.165) is 12.0 Å². The van der Waals surface area contributed by atoms with Gasteiger partial charge in [-0.15, -0.1) is 0 Å². The Bertz CT molecular complexity index is 948. The van der Waals surface area contributed by atoms with Crippen LogP contribution in [0.5, 0.6) is 11.5 Å². The van der Waals surface area contributed by atoms with Gasteiger partial charge in [0.05, 0.1) is 28.8 Å². The fourth-order valence-corrected chi connectivity index (χ4v) is 3.84. The second-order valence-corrected chi connectivity index (χ2v) is 7.45. The number of anilines is 1. The largest absolute Gasteiger partial charge is 0.492 e. The lowest BCUT2D eigenvalue weighted by Crippen LogP contribution is -2.14. The molecule has 0 fully saturated rings. The summed E-state index contributed by atoms with van der Waals surface area (Å²) in [6, 6.07) is 11.2. The Hall–Kier alpha value is -2.72. The number of nitrogens with one attached hydrogen (secondary N) is 1. The Morgan fingerprint density at radius 3 is 2.88 bits per heavy atom. The molecule has 7 heteroatoms. The Morgan fingerprint density at radius 1 is 1.36 bits per heavy atom. The van der Waals surface area contributed by atoms with Crippen LogP contribution in [0.2, 0.25) is 0 Å². The molecule has 3 rings (SSSR count). The maximum absolute atomic E-state index is 12.7. The number of rotatable bonds is 5. The van der Waals surface area contributed by atoms with E-state index in [-0.39, 0.29) is 16.6 Å². The molecule has 1 aliphatic heterocycles. The van der Waals surface area contributed by atoms with Crippen molar-refractivity contribution in [3.05, 3.63) is 47.5 Å². The molecule has 0 amide bonds. The van der Waals surface area contributed by atoms with Gasteiger partial charge < -0.3 is 9.47 Å². The SMILES string of the molecule is CCOc1cc2c(cc1NS(=O)(=O)c1cccc(C#N)c1)OC(C)C2. The van der Waals surface area contributed by atoms with Crippen LogP contribution in [-0.4, -0.2) is 21.1 Å². The number of nitriles is 1. The van der Waals surface area contributed by atoms with Crippen LogP contribution in [0.15, 0.2) is 41.3 Å². The summed E-state index contributed by atoms with van der Waals surface area (Å²) >= 11 is 0. The van der Waals surface area contributed by atoms with Gasteiger partial charge in [-0.3, -0.25) is 4.72 Å². The van der Waals surface area contributed by atoms with Gasteiger partial charge in [0, 0.05) is 18.1 Å². The maximum Gasteiger partial charge on any atom is 0.262 e. The zero-order chi connectivity index (χ0) is 18.0. The summed E-state index contributed by atoms with van der Waals surface area (Å²) in [6.07, 6.45) is 0.802. The normalized spacial score (nSPS) is 15.8. The zero-order valence-electron chi connectivity index (χ0n) is 13.9. The highest BCUT2D eigenvalue weighted by Gasteiger charge is 2.24. The molecule has 130 valence electrons. The molecular formula is C18H18N2O4S. The van der Waals surface area contributed by atoms with Gasteiger partial charge in [0.2, 0.25) is 0 Å². The summed E-state index contributed by atoms with van der Waals surface area (Å²) < 4.78 is 39.2. The Labute approximate surface area is 147 Å². The van der Waals surface area contributed by atoms with E-state index in [1.165, 1.54) is 18.2 Å². The third-order valence-corrected chi connectivity index (χ3v) is 5.18. The molecule has 1 N–H and O–H groups in total. The highest BCUT2D eigenvalue weighted by molar-refractivity contribution is 7.92. The van der Waals surface area contributed by atoms with Crippen LogP contribution in [-0.2, 0) is 16.4 Å². The smallest absolute Gasteiger partial charge is 0.262 e. The van der Waals surface area contributed by atoms with E-state index in [2.05, 4.69) is 4.72 Å². The minimum absolute atomic E-state index is 0.0174. The molecule has 1 aliphatic rings. The summed E-state index contributed by atoms with van der Waals surface area (Å²) in [5.74, 6) is 1.11. The van der Waals surface area contributed by atoms with Gasteiger partial charge in [-0.1, -0.05) is 6.07 Å². The predicted octanol–water partition coefficient (Wildman–Crippen LogP) is 3.08. The van der Waals surface area contributed by atoms with E-state index in [9.17, 15) is 8.42 Å². The second kappa shape index (κ2) is 6.65. The lowest BCUT2D eigenvalue weighted by molar-refractivity contribution is 0.254. The molecule has 6 nitrogen and oxygen atoms in total. The van der Waals surface area contributed by atoms with E-state index in [0.29, 0.717) is 23.8 Å². The molecule has 0 aliphatic carbocycles.